The maximum absolute atomic E-state index is 15.4. The topological polar surface area (TPSA) is 40.6 Å². The lowest BCUT2D eigenvalue weighted by Crippen LogP contribution is -2.34. The Morgan fingerprint density at radius 1 is 0.312 bits per heavy atom. The number of carbonyl (C=O) groups excluding carboxylic acids is 2. The van der Waals surface area contributed by atoms with E-state index < -0.39 is 0 Å². The number of nitrogens with zero attached hydrogens (tertiary/aromatic N) is 2. The molecule has 0 N–H and O–H groups in total. The molecule has 6 heterocycles. The van der Waals surface area contributed by atoms with E-state index in [9.17, 15) is 0 Å². The van der Waals surface area contributed by atoms with Crippen LogP contribution >= 0.6 is 45.3 Å². The molecule has 2 amide bonds. The summed E-state index contributed by atoms with van der Waals surface area (Å²) in [5.41, 5.74) is 3.19. The predicted molar refractivity (Wildman–Crippen MR) is 356 cm³/mol. The second-order valence-electron chi connectivity index (χ2n) is 24.6. The van der Waals surface area contributed by atoms with Gasteiger partial charge in [-0.15, -0.1) is 45.3 Å². The number of hydrogen-bond acceptors (Lipinski definition) is 6. The molecule has 0 aliphatic carbocycles. The average Bonchev–Trinajstić information content (AvgIpc) is 4.52. The van der Waals surface area contributed by atoms with Gasteiger partial charge < -0.3 is 9.80 Å². The Hall–Kier alpha value is -2.78. The molecule has 4 aromatic heterocycles. The number of thiophene rings is 4. The van der Waals surface area contributed by atoms with Crippen molar-refractivity contribution in [2.45, 2.75) is 298 Å². The third kappa shape index (κ3) is 22.0. The third-order valence-electron chi connectivity index (χ3n) is 17.7. The molecule has 80 heavy (non-hydrogen) atoms. The van der Waals surface area contributed by atoms with Crippen molar-refractivity contribution in [3.05, 3.63) is 75.1 Å². The summed E-state index contributed by atoms with van der Waals surface area (Å²) in [6.45, 7) is 14.9. The fourth-order valence-electron chi connectivity index (χ4n) is 12.7. The van der Waals surface area contributed by atoms with E-state index in [1.54, 1.807) is 11.3 Å². The third-order valence-corrected chi connectivity index (χ3v) is 22.6. The molecule has 0 saturated carbocycles. The van der Waals surface area contributed by atoms with Gasteiger partial charge in [0.25, 0.3) is 11.8 Å². The fraction of sp³-hybridized carbons (Fsp3) is 0.694. The summed E-state index contributed by atoms with van der Waals surface area (Å²) in [4.78, 5) is 45.2. The van der Waals surface area contributed by atoms with Crippen LogP contribution in [-0.4, -0.2) is 34.7 Å². The molecule has 4 aromatic rings. The zero-order valence-corrected chi connectivity index (χ0v) is 55.1. The highest BCUT2D eigenvalue weighted by Gasteiger charge is 2.48. The van der Waals surface area contributed by atoms with E-state index in [2.05, 4.69) is 99.9 Å². The summed E-state index contributed by atoms with van der Waals surface area (Å²) < 4.78 is 0. The molecule has 2 atom stereocenters. The van der Waals surface area contributed by atoms with E-state index in [0.717, 1.165) is 35.7 Å². The van der Waals surface area contributed by atoms with Gasteiger partial charge in [-0.1, -0.05) is 259 Å². The van der Waals surface area contributed by atoms with Crippen molar-refractivity contribution in [2.24, 2.45) is 11.8 Å². The van der Waals surface area contributed by atoms with Crippen molar-refractivity contribution in [3.63, 3.8) is 0 Å². The van der Waals surface area contributed by atoms with Crippen molar-refractivity contribution in [3.8, 4) is 29.3 Å². The van der Waals surface area contributed by atoms with Crippen molar-refractivity contribution >= 4 is 62.9 Å². The van der Waals surface area contributed by atoms with Crippen LogP contribution in [0, 0.1) is 18.8 Å². The second-order valence-corrected chi connectivity index (χ2v) is 29.2. The number of carbonyl (C=O) groups is 2. The maximum Gasteiger partial charge on any atom is 0.261 e. The van der Waals surface area contributed by atoms with Gasteiger partial charge in [0.1, 0.15) is 0 Å². The van der Waals surface area contributed by atoms with Gasteiger partial charge in [-0.2, -0.15) is 0 Å². The van der Waals surface area contributed by atoms with Crippen LogP contribution in [0.15, 0.2) is 65.4 Å². The largest absolute Gasteiger partial charge is 0.311 e. The first-order valence-corrected chi connectivity index (χ1v) is 37.0. The van der Waals surface area contributed by atoms with E-state index in [-0.39, 0.29) is 11.8 Å². The summed E-state index contributed by atoms with van der Waals surface area (Å²) >= 11 is 7.38. The van der Waals surface area contributed by atoms with Gasteiger partial charge in [0.2, 0.25) is 0 Å². The molecule has 0 radical (unpaired) electrons. The molecule has 0 spiro atoms. The lowest BCUT2D eigenvalue weighted by molar-refractivity contribution is -0.125. The van der Waals surface area contributed by atoms with Crippen molar-refractivity contribution in [2.75, 3.05) is 13.1 Å². The molecule has 4 nitrogen and oxygen atoms in total. The summed E-state index contributed by atoms with van der Waals surface area (Å²) in [7, 11) is 0. The normalized spacial score (nSPS) is 14.5. The fourth-order valence-corrected chi connectivity index (χ4v) is 16.9. The second kappa shape index (κ2) is 39.0. The highest BCUT2D eigenvalue weighted by Crippen LogP contribution is 2.49. The van der Waals surface area contributed by atoms with Crippen LogP contribution in [0.5, 0.6) is 0 Å². The highest BCUT2D eigenvalue weighted by molar-refractivity contribution is 7.28. The predicted octanol–water partition coefficient (Wildman–Crippen LogP) is 24.8. The van der Waals surface area contributed by atoms with Gasteiger partial charge in [-0.25, -0.2) is 0 Å². The molecule has 8 heteroatoms. The molecule has 2 aliphatic heterocycles. The highest BCUT2D eigenvalue weighted by atomic mass is 32.1. The number of hydrogen-bond donors (Lipinski definition) is 0. The molecule has 446 valence electrons. The molecular weight excluding hydrogens is 1050 g/mol. The first-order valence-electron chi connectivity index (χ1n) is 33.7. The van der Waals surface area contributed by atoms with Crippen molar-refractivity contribution < 1.29 is 9.59 Å². The lowest BCUT2D eigenvalue weighted by Gasteiger charge is -2.29. The summed E-state index contributed by atoms with van der Waals surface area (Å²) in [5.74, 6) is 1.01. The smallest absolute Gasteiger partial charge is 0.261 e. The summed E-state index contributed by atoms with van der Waals surface area (Å²) in [5, 5.41) is 0. The number of allylic oxidation sites excluding steroid dienone is 1. The Morgan fingerprint density at radius 2 is 0.575 bits per heavy atom. The van der Waals surface area contributed by atoms with Gasteiger partial charge >= 0.3 is 0 Å². The molecule has 0 aromatic carbocycles. The van der Waals surface area contributed by atoms with Crippen LogP contribution in [0.1, 0.15) is 301 Å². The van der Waals surface area contributed by atoms with Crippen LogP contribution in [0.4, 0.5) is 0 Å². The maximum atomic E-state index is 15.4. The molecular formula is C72H112N2O2S4. The lowest BCUT2D eigenvalue weighted by atomic mass is 9.93. The van der Waals surface area contributed by atoms with E-state index >= 15 is 9.59 Å². The monoisotopic (exact) mass is 1160 g/mol. The number of rotatable bonds is 48. The molecule has 0 saturated heterocycles. The first kappa shape index (κ1) is 66.4. The van der Waals surface area contributed by atoms with Crippen LogP contribution in [0.25, 0.3) is 35.0 Å². The Labute approximate surface area is 506 Å². The molecule has 2 unspecified atom stereocenters. The summed E-state index contributed by atoms with van der Waals surface area (Å²) in [6.07, 6.45) is 52.5. The van der Waals surface area contributed by atoms with Crippen molar-refractivity contribution in [1.29, 1.82) is 0 Å². The minimum atomic E-state index is 0.0736. The van der Waals surface area contributed by atoms with E-state index in [4.69, 9.17) is 0 Å². The Balaban J connectivity index is 1.22. The minimum Gasteiger partial charge on any atom is -0.311 e. The van der Waals surface area contributed by atoms with Crippen LogP contribution in [0.2, 0.25) is 0 Å². The van der Waals surface area contributed by atoms with Crippen LogP contribution < -0.4 is 0 Å². The van der Waals surface area contributed by atoms with E-state index in [0.29, 0.717) is 29.5 Å². The van der Waals surface area contributed by atoms with Crippen LogP contribution in [-0.2, 0) is 9.59 Å². The Kier molecular flexibility index (Phi) is 32.3. The summed E-state index contributed by atoms with van der Waals surface area (Å²) in [6, 6.07) is 18.1. The molecule has 0 bridgehead atoms. The molecule has 0 fully saturated rings. The number of fused-ring (bicyclic) bond motifs is 1. The zero-order chi connectivity index (χ0) is 56.6. The van der Waals surface area contributed by atoms with Gasteiger partial charge in [-0.05, 0) is 99.9 Å². The van der Waals surface area contributed by atoms with E-state index in [1.165, 1.54) is 278 Å². The Bertz CT molecular complexity index is 2390. The van der Waals surface area contributed by atoms with Crippen LogP contribution in [0.3, 0.4) is 0 Å². The zero-order valence-electron chi connectivity index (χ0n) is 51.8. The molecule has 2 aliphatic rings. The average molecular weight is 1170 g/mol. The number of aryl methyl sites for hydroxylation is 1. The standard InChI is InChI=1S/C72H112N2O2S4/c1-7-11-15-19-23-27-29-33-37-40-44-59(43-39-35-31-25-21-17-13-9-3)55-73-58(6)68-69(72(73)76)70(67-54-53-66(80-67)65-52-51-64(79-65)63-50-49-62(78-63)61-48-47-57(5)77-61)74(71(68)75)56-60(45-41-36-32-26-22-18-14-10-4)46-42-38-34-30-28-24-20-16-12-8-2/h47-54,59-60H,7-46,55-56H2,1-6H3. The minimum absolute atomic E-state index is 0.0736. The quantitative estimate of drug-likeness (QED) is 0.0414. The van der Waals surface area contributed by atoms with Gasteiger partial charge in [0, 0.05) is 52.9 Å². The first-order chi connectivity index (χ1) is 39.3. The van der Waals surface area contributed by atoms with Gasteiger partial charge in [0.05, 0.1) is 21.7 Å². The number of amides is 2. The van der Waals surface area contributed by atoms with Crippen molar-refractivity contribution in [1.82, 2.24) is 9.80 Å². The van der Waals surface area contributed by atoms with Gasteiger partial charge in [0.15, 0.2) is 0 Å². The SMILES string of the molecule is CCCCCCCCCCCCC(CCCCCCCCCC)CN1C(=O)C2=C(c3ccc(-c4ccc(-c5ccc(-c6ccc(C)s6)s5)s4)s3)N(CC(CCCCCCCCCC)CCCCCCCCCCCC)C(=O)C2=C1C. The Morgan fingerprint density at radius 3 is 0.900 bits per heavy atom. The van der Waals surface area contributed by atoms with Gasteiger partial charge in [-0.3, -0.25) is 9.59 Å². The number of unbranched alkanes of at least 4 members (excludes halogenated alkanes) is 32. The molecule has 6 rings (SSSR count). The van der Waals surface area contributed by atoms with E-state index in [1.807, 2.05) is 34.0 Å².